The molecule has 1 aliphatic heterocycles. The number of benzene rings is 1. The van der Waals surface area contributed by atoms with Gasteiger partial charge < -0.3 is 14.9 Å². The number of carbonyl (C=O) groups excluding carboxylic acids is 1. The molecule has 1 amide bonds. The maximum Gasteiger partial charge on any atom is 0.303 e. The molecule has 1 heterocycles. The van der Waals surface area contributed by atoms with Crippen molar-refractivity contribution in [2.75, 3.05) is 31.6 Å². The first-order chi connectivity index (χ1) is 12.5. The van der Waals surface area contributed by atoms with Crippen LogP contribution in [0.4, 0.5) is 5.69 Å². The van der Waals surface area contributed by atoms with E-state index in [4.69, 9.17) is 0 Å². The molecule has 2 unspecified atom stereocenters. The van der Waals surface area contributed by atoms with E-state index in [1.54, 1.807) is 0 Å². The van der Waals surface area contributed by atoms with Crippen LogP contribution in [0.25, 0.3) is 0 Å². The Hall–Kier alpha value is -2.04. The number of rotatable bonds is 7. The lowest BCUT2D eigenvalue weighted by Crippen LogP contribution is -2.48. The zero-order valence-corrected chi connectivity index (χ0v) is 15.6. The molecule has 1 aromatic carbocycles. The van der Waals surface area contributed by atoms with Crippen molar-refractivity contribution in [1.82, 2.24) is 4.90 Å². The van der Waals surface area contributed by atoms with Crippen molar-refractivity contribution < 1.29 is 14.7 Å². The number of carbonyl (C=O) groups is 2. The second kappa shape index (κ2) is 8.56. The molecule has 1 aliphatic carbocycles. The Morgan fingerprint density at radius 2 is 1.88 bits per heavy atom. The molecular weight excluding hydrogens is 328 g/mol. The molecular formula is C21H30N2O3. The van der Waals surface area contributed by atoms with Crippen molar-refractivity contribution in [2.24, 2.45) is 17.8 Å². The maximum atomic E-state index is 12.6. The first-order valence-electron chi connectivity index (χ1n) is 9.81. The van der Waals surface area contributed by atoms with Crippen LogP contribution in [0.5, 0.6) is 0 Å². The fourth-order valence-corrected chi connectivity index (χ4v) is 4.19. The molecule has 0 spiro atoms. The summed E-state index contributed by atoms with van der Waals surface area (Å²) in [4.78, 5) is 28.1. The van der Waals surface area contributed by atoms with Gasteiger partial charge in [-0.25, -0.2) is 0 Å². The van der Waals surface area contributed by atoms with Crippen LogP contribution < -0.4 is 4.90 Å². The molecule has 142 valence electrons. The number of likely N-dealkylation sites (tertiary alicyclic amines) is 1. The van der Waals surface area contributed by atoms with Crippen molar-refractivity contribution in [3.8, 4) is 0 Å². The summed E-state index contributed by atoms with van der Waals surface area (Å²) in [5, 5.41) is 9.26. The summed E-state index contributed by atoms with van der Waals surface area (Å²) >= 11 is 0. The van der Waals surface area contributed by atoms with Crippen LogP contribution >= 0.6 is 0 Å². The van der Waals surface area contributed by atoms with E-state index < -0.39 is 5.97 Å². The van der Waals surface area contributed by atoms with Crippen LogP contribution in [0, 0.1) is 17.8 Å². The Morgan fingerprint density at radius 1 is 1.15 bits per heavy atom. The van der Waals surface area contributed by atoms with E-state index in [2.05, 4.69) is 24.1 Å². The zero-order valence-electron chi connectivity index (χ0n) is 15.6. The highest BCUT2D eigenvalue weighted by molar-refractivity contribution is 5.79. The first kappa shape index (κ1) is 18.7. The lowest BCUT2D eigenvalue weighted by Gasteiger charge is -2.41. The fraction of sp³-hybridized carbons (Fsp3) is 0.619. The quantitative estimate of drug-likeness (QED) is 0.813. The van der Waals surface area contributed by atoms with Gasteiger partial charge in [-0.05, 0) is 49.7 Å². The first-order valence-corrected chi connectivity index (χ1v) is 9.81. The third-order valence-electron chi connectivity index (χ3n) is 6.13. The number of nitrogens with zero attached hydrogens (tertiary/aromatic N) is 2. The van der Waals surface area contributed by atoms with Gasteiger partial charge in [-0.15, -0.1) is 0 Å². The molecule has 1 N–H and O–H groups in total. The van der Waals surface area contributed by atoms with E-state index in [0.29, 0.717) is 5.91 Å². The Bertz CT molecular complexity index is 615. The van der Waals surface area contributed by atoms with Gasteiger partial charge in [-0.2, -0.15) is 0 Å². The molecule has 0 aromatic heterocycles. The smallest absolute Gasteiger partial charge is 0.303 e. The summed E-state index contributed by atoms with van der Waals surface area (Å²) in [6, 6.07) is 10.2. The second-order valence-electron chi connectivity index (χ2n) is 7.86. The highest BCUT2D eigenvalue weighted by Gasteiger charge is 2.36. The van der Waals surface area contributed by atoms with E-state index in [-0.39, 0.29) is 24.2 Å². The minimum Gasteiger partial charge on any atom is -0.481 e. The molecule has 0 bridgehead atoms. The van der Waals surface area contributed by atoms with Crippen LogP contribution in [0.2, 0.25) is 0 Å². The zero-order chi connectivity index (χ0) is 18.5. The number of amides is 1. The molecule has 5 heteroatoms. The molecule has 5 nitrogen and oxygen atoms in total. The highest BCUT2D eigenvalue weighted by Crippen LogP contribution is 2.34. The Kier molecular flexibility index (Phi) is 6.17. The predicted octanol–water partition coefficient (Wildman–Crippen LogP) is 3.25. The van der Waals surface area contributed by atoms with Crippen molar-refractivity contribution in [1.29, 1.82) is 0 Å². The standard InChI is InChI=1S/C21H30N2O3/c1-22(19-8-3-2-4-9-19)12-10-18-15-23(21(26)16-6-5-7-16)13-11-17(18)14-20(24)25/h2-4,8-9,16-18H,5-7,10-15H2,1H3,(H,24,25). The number of carboxylic acids is 1. The molecule has 26 heavy (non-hydrogen) atoms. The third kappa shape index (κ3) is 4.57. The average molecular weight is 358 g/mol. The predicted molar refractivity (Wildman–Crippen MR) is 102 cm³/mol. The van der Waals surface area contributed by atoms with Gasteiger partial charge in [-0.3, -0.25) is 9.59 Å². The van der Waals surface area contributed by atoms with Gasteiger partial charge in [0.25, 0.3) is 0 Å². The van der Waals surface area contributed by atoms with Gasteiger partial charge in [0.05, 0.1) is 0 Å². The second-order valence-corrected chi connectivity index (χ2v) is 7.86. The lowest BCUT2D eigenvalue weighted by atomic mass is 9.79. The number of para-hydroxylation sites is 1. The molecule has 1 aromatic rings. The van der Waals surface area contributed by atoms with Crippen molar-refractivity contribution in [2.45, 2.75) is 38.5 Å². The largest absolute Gasteiger partial charge is 0.481 e. The summed E-state index contributed by atoms with van der Waals surface area (Å²) in [5.74, 6) is 0.220. The molecule has 0 radical (unpaired) electrons. The van der Waals surface area contributed by atoms with Crippen LogP contribution in [0.15, 0.2) is 30.3 Å². The third-order valence-corrected chi connectivity index (χ3v) is 6.13. The lowest BCUT2D eigenvalue weighted by molar-refractivity contribution is -0.142. The Labute approximate surface area is 156 Å². The van der Waals surface area contributed by atoms with E-state index in [1.807, 2.05) is 23.1 Å². The van der Waals surface area contributed by atoms with Crippen LogP contribution in [0.1, 0.15) is 38.5 Å². The normalized spacial score (nSPS) is 23.3. The number of anilines is 1. The number of aliphatic carboxylic acids is 1. The minimum absolute atomic E-state index is 0.169. The summed E-state index contributed by atoms with van der Waals surface area (Å²) in [7, 11) is 2.07. The minimum atomic E-state index is -0.727. The Morgan fingerprint density at radius 3 is 2.50 bits per heavy atom. The monoisotopic (exact) mass is 358 g/mol. The van der Waals surface area contributed by atoms with E-state index >= 15 is 0 Å². The van der Waals surface area contributed by atoms with E-state index in [0.717, 1.165) is 51.7 Å². The maximum absolute atomic E-state index is 12.6. The number of hydrogen-bond donors (Lipinski definition) is 1. The average Bonchev–Trinajstić information content (AvgIpc) is 2.59. The summed E-state index contributed by atoms with van der Waals surface area (Å²) in [5.41, 5.74) is 1.17. The van der Waals surface area contributed by atoms with Crippen LogP contribution in [-0.4, -0.2) is 48.6 Å². The molecule has 2 fully saturated rings. The molecule has 2 atom stereocenters. The van der Waals surface area contributed by atoms with E-state index in [9.17, 15) is 14.7 Å². The number of carboxylic acid groups (broad SMARTS) is 1. The molecule has 1 saturated heterocycles. The number of hydrogen-bond acceptors (Lipinski definition) is 3. The highest BCUT2D eigenvalue weighted by atomic mass is 16.4. The topological polar surface area (TPSA) is 60.9 Å². The van der Waals surface area contributed by atoms with E-state index in [1.165, 1.54) is 5.69 Å². The van der Waals surface area contributed by atoms with Crippen molar-refractivity contribution in [3.63, 3.8) is 0 Å². The number of piperidine rings is 1. The summed E-state index contributed by atoms with van der Waals surface area (Å²) in [6.45, 7) is 2.31. The van der Waals surface area contributed by atoms with Gasteiger partial charge in [0.2, 0.25) is 5.91 Å². The SMILES string of the molecule is CN(CCC1CN(C(=O)C2CCC2)CCC1CC(=O)O)c1ccccc1. The Balaban J connectivity index is 1.60. The van der Waals surface area contributed by atoms with Crippen LogP contribution in [0.3, 0.4) is 0 Å². The molecule has 2 aliphatic rings. The summed E-state index contributed by atoms with van der Waals surface area (Å²) < 4.78 is 0. The summed E-state index contributed by atoms with van der Waals surface area (Å²) in [6.07, 6.45) is 5.15. The van der Waals surface area contributed by atoms with Gasteiger partial charge >= 0.3 is 5.97 Å². The van der Waals surface area contributed by atoms with Gasteiger partial charge in [0.1, 0.15) is 0 Å². The van der Waals surface area contributed by atoms with Gasteiger partial charge in [0, 0.05) is 44.7 Å². The fourth-order valence-electron chi connectivity index (χ4n) is 4.19. The van der Waals surface area contributed by atoms with Crippen molar-refractivity contribution in [3.05, 3.63) is 30.3 Å². The van der Waals surface area contributed by atoms with Gasteiger partial charge in [0.15, 0.2) is 0 Å². The van der Waals surface area contributed by atoms with Crippen molar-refractivity contribution >= 4 is 17.6 Å². The molecule has 1 saturated carbocycles. The van der Waals surface area contributed by atoms with Crippen LogP contribution in [-0.2, 0) is 9.59 Å². The van der Waals surface area contributed by atoms with Gasteiger partial charge in [-0.1, -0.05) is 24.6 Å². The molecule has 3 rings (SSSR count).